The van der Waals surface area contributed by atoms with Gasteiger partial charge in [0.15, 0.2) is 0 Å². The van der Waals surface area contributed by atoms with Crippen LogP contribution in [-0.2, 0) is 19.0 Å². The second-order valence-corrected chi connectivity index (χ2v) is 7.45. The molecule has 0 spiro atoms. The SMILES string of the molecule is CC(C)(C)OC(=O)NN(C(=O)OC(C)(C)C)C1(C=O)CCOC1. The molecule has 0 aromatic rings. The van der Waals surface area contributed by atoms with E-state index in [4.69, 9.17) is 14.2 Å². The van der Waals surface area contributed by atoms with Gasteiger partial charge < -0.3 is 19.0 Å². The predicted molar refractivity (Wildman–Crippen MR) is 81.7 cm³/mol. The summed E-state index contributed by atoms with van der Waals surface area (Å²) in [4.78, 5) is 36.0. The molecule has 1 heterocycles. The van der Waals surface area contributed by atoms with E-state index in [2.05, 4.69) is 5.43 Å². The minimum absolute atomic E-state index is 0.0223. The molecule has 1 aliphatic heterocycles. The quantitative estimate of drug-likeness (QED) is 0.615. The van der Waals surface area contributed by atoms with Crippen molar-refractivity contribution in [1.29, 1.82) is 0 Å². The molecule has 1 rings (SSSR count). The number of carbonyl (C=O) groups is 3. The van der Waals surface area contributed by atoms with Crippen molar-refractivity contribution in [2.45, 2.75) is 64.7 Å². The summed E-state index contributed by atoms with van der Waals surface area (Å²) < 4.78 is 15.6. The first-order valence-corrected chi connectivity index (χ1v) is 7.45. The Labute approximate surface area is 136 Å². The Kier molecular flexibility index (Phi) is 5.63. The highest BCUT2D eigenvalue weighted by Crippen LogP contribution is 2.25. The fourth-order valence-corrected chi connectivity index (χ4v) is 1.93. The first-order chi connectivity index (χ1) is 10.4. The molecule has 0 saturated carbocycles. The Hall–Kier alpha value is -1.83. The number of aldehydes is 1. The van der Waals surface area contributed by atoms with E-state index >= 15 is 0 Å². The first-order valence-electron chi connectivity index (χ1n) is 7.45. The monoisotopic (exact) mass is 330 g/mol. The van der Waals surface area contributed by atoms with Gasteiger partial charge in [-0.2, -0.15) is 0 Å². The number of amides is 2. The highest BCUT2D eigenvalue weighted by molar-refractivity contribution is 5.80. The smallest absolute Gasteiger partial charge is 0.430 e. The van der Waals surface area contributed by atoms with E-state index in [1.165, 1.54) is 0 Å². The molecule has 0 radical (unpaired) electrons. The number of hydrazine groups is 1. The number of ether oxygens (including phenoxy) is 3. The zero-order valence-corrected chi connectivity index (χ0v) is 14.6. The van der Waals surface area contributed by atoms with Gasteiger partial charge in [0.05, 0.1) is 6.61 Å². The molecule has 132 valence electrons. The third kappa shape index (κ3) is 5.70. The van der Waals surface area contributed by atoms with Crippen LogP contribution >= 0.6 is 0 Å². The van der Waals surface area contributed by atoms with Gasteiger partial charge in [0, 0.05) is 13.0 Å². The Morgan fingerprint density at radius 3 is 2.09 bits per heavy atom. The van der Waals surface area contributed by atoms with Crippen molar-refractivity contribution in [3.8, 4) is 0 Å². The molecule has 0 aliphatic carbocycles. The molecule has 8 nitrogen and oxygen atoms in total. The van der Waals surface area contributed by atoms with E-state index in [9.17, 15) is 14.4 Å². The van der Waals surface area contributed by atoms with Gasteiger partial charge >= 0.3 is 12.2 Å². The van der Waals surface area contributed by atoms with E-state index in [0.29, 0.717) is 12.9 Å². The average molecular weight is 330 g/mol. The standard InChI is InChI=1S/C15H26N2O6/c1-13(2,3)22-11(19)16-17(12(20)23-14(4,5)6)15(9-18)7-8-21-10-15/h9H,7-8,10H2,1-6H3,(H,16,19). The topological polar surface area (TPSA) is 94.2 Å². The van der Waals surface area contributed by atoms with Gasteiger partial charge in [0.1, 0.15) is 23.0 Å². The van der Waals surface area contributed by atoms with Crippen LogP contribution in [0.25, 0.3) is 0 Å². The highest BCUT2D eigenvalue weighted by atomic mass is 16.6. The summed E-state index contributed by atoms with van der Waals surface area (Å²) in [6, 6.07) is 0. The molecule has 1 unspecified atom stereocenters. The van der Waals surface area contributed by atoms with Gasteiger partial charge in [0.2, 0.25) is 0 Å². The van der Waals surface area contributed by atoms with Gasteiger partial charge in [-0.05, 0) is 41.5 Å². The zero-order valence-electron chi connectivity index (χ0n) is 14.6. The molecule has 1 N–H and O–H groups in total. The van der Waals surface area contributed by atoms with Crippen LogP contribution in [0, 0.1) is 0 Å². The van der Waals surface area contributed by atoms with Gasteiger partial charge in [-0.15, -0.1) is 0 Å². The fraction of sp³-hybridized carbons (Fsp3) is 0.800. The van der Waals surface area contributed by atoms with E-state index in [1.807, 2.05) is 0 Å². The Morgan fingerprint density at radius 2 is 1.70 bits per heavy atom. The summed E-state index contributed by atoms with van der Waals surface area (Å²) in [5, 5.41) is 0.867. The molecule has 0 aromatic heterocycles. The van der Waals surface area contributed by atoms with Crippen LogP contribution in [0.5, 0.6) is 0 Å². The minimum Gasteiger partial charge on any atom is -0.443 e. The van der Waals surface area contributed by atoms with Crippen LogP contribution in [0.15, 0.2) is 0 Å². The summed E-state index contributed by atoms with van der Waals surface area (Å²) in [7, 11) is 0. The maximum Gasteiger partial charge on any atom is 0.430 e. The molecule has 1 atom stereocenters. The van der Waals surface area contributed by atoms with Crippen molar-refractivity contribution in [3.05, 3.63) is 0 Å². The van der Waals surface area contributed by atoms with E-state index in [-0.39, 0.29) is 13.0 Å². The molecule has 1 fully saturated rings. The van der Waals surface area contributed by atoms with Crippen LogP contribution in [0.1, 0.15) is 48.0 Å². The lowest BCUT2D eigenvalue weighted by atomic mass is 10.0. The summed E-state index contributed by atoms with van der Waals surface area (Å²) in [5.41, 5.74) is -0.519. The summed E-state index contributed by atoms with van der Waals surface area (Å²) in [6.45, 7) is 10.4. The molecular weight excluding hydrogens is 304 g/mol. The van der Waals surface area contributed by atoms with Crippen LogP contribution in [0.2, 0.25) is 0 Å². The van der Waals surface area contributed by atoms with E-state index in [1.54, 1.807) is 41.5 Å². The summed E-state index contributed by atoms with van der Waals surface area (Å²) in [5.74, 6) is 0. The number of hydrogen-bond acceptors (Lipinski definition) is 6. The molecule has 0 bridgehead atoms. The van der Waals surface area contributed by atoms with Gasteiger partial charge in [-0.1, -0.05) is 0 Å². The van der Waals surface area contributed by atoms with E-state index in [0.717, 1.165) is 5.01 Å². The van der Waals surface area contributed by atoms with Crippen LogP contribution in [0.3, 0.4) is 0 Å². The number of nitrogens with one attached hydrogen (secondary N) is 1. The van der Waals surface area contributed by atoms with Crippen LogP contribution in [-0.4, -0.2) is 53.4 Å². The van der Waals surface area contributed by atoms with E-state index < -0.39 is 28.9 Å². The number of carbonyl (C=O) groups excluding carboxylic acids is 3. The second kappa shape index (κ2) is 6.74. The number of nitrogens with zero attached hydrogens (tertiary/aromatic N) is 1. The zero-order chi connectivity index (χ0) is 17.9. The van der Waals surface area contributed by atoms with Crippen molar-refractivity contribution < 1.29 is 28.6 Å². The van der Waals surface area contributed by atoms with Crippen molar-refractivity contribution in [1.82, 2.24) is 10.4 Å². The van der Waals surface area contributed by atoms with Crippen molar-refractivity contribution in [2.24, 2.45) is 0 Å². The lowest BCUT2D eigenvalue weighted by molar-refractivity contribution is -0.121. The maximum atomic E-state index is 12.4. The molecule has 1 aliphatic rings. The maximum absolute atomic E-state index is 12.4. The lowest BCUT2D eigenvalue weighted by Crippen LogP contribution is -2.62. The second-order valence-electron chi connectivity index (χ2n) is 7.45. The molecule has 8 heteroatoms. The molecule has 0 aromatic carbocycles. The molecule has 2 amide bonds. The van der Waals surface area contributed by atoms with Gasteiger partial charge in [-0.25, -0.2) is 20.0 Å². The minimum atomic E-state index is -1.31. The Bertz CT molecular complexity index is 458. The predicted octanol–water partition coefficient (Wildman–Crippen LogP) is 2.02. The lowest BCUT2D eigenvalue weighted by Gasteiger charge is -2.36. The highest BCUT2D eigenvalue weighted by Gasteiger charge is 2.46. The average Bonchev–Trinajstić information content (AvgIpc) is 2.81. The van der Waals surface area contributed by atoms with Crippen molar-refractivity contribution >= 4 is 18.5 Å². The Morgan fingerprint density at radius 1 is 1.13 bits per heavy atom. The summed E-state index contributed by atoms with van der Waals surface area (Å²) in [6.07, 6.45) is -0.857. The first kappa shape index (κ1) is 19.2. The molecule has 1 saturated heterocycles. The van der Waals surface area contributed by atoms with Gasteiger partial charge in [-0.3, -0.25) is 0 Å². The van der Waals surface area contributed by atoms with Crippen molar-refractivity contribution in [2.75, 3.05) is 13.2 Å². The summed E-state index contributed by atoms with van der Waals surface area (Å²) >= 11 is 0. The van der Waals surface area contributed by atoms with Crippen molar-refractivity contribution in [3.63, 3.8) is 0 Å². The number of rotatable bonds is 2. The normalized spacial score (nSPS) is 21.5. The molecular formula is C15H26N2O6. The Balaban J connectivity index is 2.99. The van der Waals surface area contributed by atoms with Gasteiger partial charge in [0.25, 0.3) is 0 Å². The van der Waals surface area contributed by atoms with Crippen LogP contribution < -0.4 is 5.43 Å². The largest absolute Gasteiger partial charge is 0.443 e. The number of hydrogen-bond donors (Lipinski definition) is 1. The van der Waals surface area contributed by atoms with Crippen LogP contribution in [0.4, 0.5) is 9.59 Å². The molecule has 23 heavy (non-hydrogen) atoms. The third-order valence-electron chi connectivity index (χ3n) is 2.87. The fourth-order valence-electron chi connectivity index (χ4n) is 1.93. The third-order valence-corrected chi connectivity index (χ3v) is 2.87.